The first kappa shape index (κ1) is 34.8. The van der Waals surface area contributed by atoms with E-state index >= 15 is 0 Å². The summed E-state index contributed by atoms with van der Waals surface area (Å²) in [7, 11) is 0. The molecule has 0 aromatic heterocycles. The van der Waals surface area contributed by atoms with Crippen molar-refractivity contribution < 1.29 is 0 Å². The number of hydrogen-bond acceptors (Lipinski definition) is 1. The molecule has 0 spiro atoms. The third kappa shape index (κ3) is 5.96. The maximum Gasteiger partial charge on any atom is 0.0465 e. The minimum atomic E-state index is -0.141. The van der Waals surface area contributed by atoms with Crippen LogP contribution < -0.4 is 4.90 Å². The van der Waals surface area contributed by atoms with Crippen LogP contribution in [0.1, 0.15) is 106 Å². The fraction of sp³-hybridized carbons (Fsp3) is 0.286. The van der Waals surface area contributed by atoms with Gasteiger partial charge in [0.1, 0.15) is 0 Å². The molecule has 2 bridgehead atoms. The third-order valence-corrected chi connectivity index (χ3v) is 14.8. The van der Waals surface area contributed by atoms with Crippen LogP contribution in [0.25, 0.3) is 44.2 Å². The molecule has 0 saturated heterocycles. The van der Waals surface area contributed by atoms with Crippen molar-refractivity contribution in [3.63, 3.8) is 0 Å². The SMILES string of the molecule is CC1(C)c2cc(N(c3ccc(-c4ccccc4C4CCCCC4)cc3)c3ccc(C4CC5CCC4C5)cc3)ccc2-c2c(-c3ccc4ccccc4c3)cccc21. The summed E-state index contributed by atoms with van der Waals surface area (Å²) in [5.74, 6) is 3.21. The minimum Gasteiger partial charge on any atom is -0.310 e. The van der Waals surface area contributed by atoms with E-state index in [1.165, 1.54) is 141 Å². The molecule has 7 aromatic rings. The molecule has 4 aliphatic carbocycles. The van der Waals surface area contributed by atoms with Crippen LogP contribution in [0.5, 0.6) is 0 Å². The van der Waals surface area contributed by atoms with Crippen LogP contribution in [0.4, 0.5) is 17.1 Å². The molecule has 0 heterocycles. The molecule has 3 atom stereocenters. The Morgan fingerprint density at radius 1 is 0.491 bits per heavy atom. The molecule has 282 valence electrons. The predicted octanol–water partition coefficient (Wildman–Crippen LogP) is 15.9. The number of hydrogen-bond donors (Lipinski definition) is 0. The number of benzene rings is 7. The first-order chi connectivity index (χ1) is 28.0. The predicted molar refractivity (Wildman–Crippen MR) is 241 cm³/mol. The third-order valence-electron chi connectivity index (χ3n) is 14.8. The monoisotopic (exact) mass is 739 g/mol. The second kappa shape index (κ2) is 13.9. The summed E-state index contributed by atoms with van der Waals surface area (Å²) in [5.41, 5.74) is 17.4. The number of nitrogens with zero attached hydrogens (tertiary/aromatic N) is 1. The summed E-state index contributed by atoms with van der Waals surface area (Å²) in [4.78, 5) is 2.50. The number of anilines is 3. The minimum absolute atomic E-state index is 0.141. The summed E-state index contributed by atoms with van der Waals surface area (Å²) in [5, 5.41) is 2.57. The largest absolute Gasteiger partial charge is 0.310 e. The maximum absolute atomic E-state index is 2.50. The van der Waals surface area contributed by atoms with Crippen molar-refractivity contribution in [1.82, 2.24) is 0 Å². The molecule has 0 amide bonds. The molecule has 4 aliphatic rings. The van der Waals surface area contributed by atoms with Gasteiger partial charge < -0.3 is 4.90 Å². The number of rotatable bonds is 7. The van der Waals surface area contributed by atoms with Crippen molar-refractivity contribution in [1.29, 1.82) is 0 Å². The highest BCUT2D eigenvalue weighted by Crippen LogP contribution is 2.55. The van der Waals surface area contributed by atoms with Gasteiger partial charge in [-0.05, 0) is 165 Å². The smallest absolute Gasteiger partial charge is 0.0465 e. The molecule has 7 aromatic carbocycles. The average Bonchev–Trinajstić information content (AvgIpc) is 3.97. The lowest BCUT2D eigenvalue weighted by Gasteiger charge is -2.29. The van der Waals surface area contributed by atoms with Gasteiger partial charge in [0.25, 0.3) is 0 Å². The summed E-state index contributed by atoms with van der Waals surface area (Å²) in [6.45, 7) is 4.83. The van der Waals surface area contributed by atoms with Crippen LogP contribution in [0.3, 0.4) is 0 Å². The lowest BCUT2D eigenvalue weighted by Crippen LogP contribution is -2.16. The van der Waals surface area contributed by atoms with Gasteiger partial charge in [0.05, 0.1) is 0 Å². The maximum atomic E-state index is 2.50. The van der Waals surface area contributed by atoms with E-state index in [2.05, 4.69) is 170 Å². The highest BCUT2D eigenvalue weighted by molar-refractivity contribution is 5.96. The van der Waals surface area contributed by atoms with Crippen molar-refractivity contribution in [2.75, 3.05) is 4.90 Å². The van der Waals surface area contributed by atoms with Crippen LogP contribution in [-0.2, 0) is 5.41 Å². The molecular formula is C56H53N. The molecular weight excluding hydrogens is 687 g/mol. The van der Waals surface area contributed by atoms with E-state index in [0.29, 0.717) is 5.92 Å². The Morgan fingerprint density at radius 3 is 1.96 bits per heavy atom. The van der Waals surface area contributed by atoms with Crippen LogP contribution in [0, 0.1) is 11.8 Å². The Balaban J connectivity index is 1.00. The molecule has 0 radical (unpaired) electrons. The summed E-state index contributed by atoms with van der Waals surface area (Å²) >= 11 is 0. The van der Waals surface area contributed by atoms with Gasteiger partial charge in [0, 0.05) is 22.5 Å². The van der Waals surface area contributed by atoms with Crippen molar-refractivity contribution in [3.05, 3.63) is 174 Å². The van der Waals surface area contributed by atoms with Crippen LogP contribution in [0.2, 0.25) is 0 Å². The second-order valence-electron chi connectivity index (χ2n) is 18.3. The van der Waals surface area contributed by atoms with Crippen molar-refractivity contribution in [2.24, 2.45) is 11.8 Å². The molecule has 57 heavy (non-hydrogen) atoms. The van der Waals surface area contributed by atoms with Crippen molar-refractivity contribution >= 4 is 27.8 Å². The van der Waals surface area contributed by atoms with Gasteiger partial charge in [-0.15, -0.1) is 0 Å². The van der Waals surface area contributed by atoms with Gasteiger partial charge in [0.15, 0.2) is 0 Å². The topological polar surface area (TPSA) is 3.24 Å². The first-order valence-electron chi connectivity index (χ1n) is 21.9. The van der Waals surface area contributed by atoms with E-state index in [0.717, 1.165) is 17.8 Å². The van der Waals surface area contributed by atoms with Crippen molar-refractivity contribution in [3.8, 4) is 33.4 Å². The van der Waals surface area contributed by atoms with Gasteiger partial charge in [-0.25, -0.2) is 0 Å². The Hall–Kier alpha value is -5.40. The van der Waals surface area contributed by atoms with Gasteiger partial charge in [-0.3, -0.25) is 0 Å². The first-order valence-corrected chi connectivity index (χ1v) is 21.9. The quantitative estimate of drug-likeness (QED) is 0.157. The zero-order valence-electron chi connectivity index (χ0n) is 33.6. The van der Waals surface area contributed by atoms with Crippen molar-refractivity contribution in [2.45, 2.75) is 88.9 Å². The highest BCUT2D eigenvalue weighted by atomic mass is 15.1. The molecule has 3 unspecified atom stereocenters. The molecule has 0 aliphatic heterocycles. The molecule has 3 fully saturated rings. The Labute approximate surface area is 339 Å². The van der Waals surface area contributed by atoms with E-state index in [1.54, 1.807) is 0 Å². The van der Waals surface area contributed by atoms with Gasteiger partial charge in [-0.1, -0.05) is 149 Å². The fourth-order valence-electron chi connectivity index (χ4n) is 11.8. The highest BCUT2D eigenvalue weighted by Gasteiger charge is 2.40. The van der Waals surface area contributed by atoms with Gasteiger partial charge in [-0.2, -0.15) is 0 Å². The lowest BCUT2D eigenvalue weighted by molar-refractivity contribution is 0.420. The van der Waals surface area contributed by atoms with E-state index in [9.17, 15) is 0 Å². The molecule has 1 heteroatoms. The Kier molecular flexibility index (Phi) is 8.50. The van der Waals surface area contributed by atoms with Crippen LogP contribution >= 0.6 is 0 Å². The van der Waals surface area contributed by atoms with Crippen LogP contribution in [-0.4, -0.2) is 0 Å². The lowest BCUT2D eigenvalue weighted by atomic mass is 9.81. The second-order valence-corrected chi connectivity index (χ2v) is 18.3. The van der Waals surface area contributed by atoms with E-state index in [4.69, 9.17) is 0 Å². The van der Waals surface area contributed by atoms with Gasteiger partial charge in [0.2, 0.25) is 0 Å². The summed E-state index contributed by atoms with van der Waals surface area (Å²) < 4.78 is 0. The Morgan fingerprint density at radius 2 is 1.19 bits per heavy atom. The standard InChI is InChI=1S/C56H53N/c1-56(2)53-18-10-17-50(44-22-21-38-11-6-7-14-42(38)35-44)55(53)51-32-31-47(36-54(51)56)57(46-29-25-41(26-30-46)52-34-37-19-20-43(52)33-37)45-27-23-40(24-28-45)49-16-9-8-15-48(49)39-12-4-3-5-13-39/h6-11,14-18,21-32,35-37,39,43,52H,3-5,12-13,19-20,33-34H2,1-2H3. The number of fused-ring (bicyclic) bond motifs is 6. The van der Waals surface area contributed by atoms with E-state index < -0.39 is 0 Å². The summed E-state index contributed by atoms with van der Waals surface area (Å²) in [6.07, 6.45) is 12.4. The molecule has 11 rings (SSSR count). The molecule has 0 N–H and O–H groups in total. The zero-order chi connectivity index (χ0) is 38.1. The fourth-order valence-corrected chi connectivity index (χ4v) is 11.8. The average molecular weight is 740 g/mol. The van der Waals surface area contributed by atoms with Gasteiger partial charge >= 0.3 is 0 Å². The zero-order valence-corrected chi connectivity index (χ0v) is 33.6. The molecule has 1 nitrogen and oxygen atoms in total. The Bertz CT molecular complexity index is 2600. The molecule has 3 saturated carbocycles. The van der Waals surface area contributed by atoms with Crippen LogP contribution in [0.15, 0.2) is 152 Å². The van der Waals surface area contributed by atoms with E-state index in [1.807, 2.05) is 0 Å². The summed E-state index contributed by atoms with van der Waals surface area (Å²) in [6, 6.07) is 58.2. The normalized spacial score (nSPS) is 20.8. The van der Waals surface area contributed by atoms with E-state index in [-0.39, 0.29) is 5.41 Å².